The molecule has 2 nitrogen and oxygen atoms in total. The Morgan fingerprint density at radius 2 is 2.07 bits per heavy atom. The van der Waals surface area contributed by atoms with Crippen molar-refractivity contribution in [1.29, 1.82) is 0 Å². The molecule has 0 spiro atoms. The predicted octanol–water partition coefficient (Wildman–Crippen LogP) is 3.47. The summed E-state index contributed by atoms with van der Waals surface area (Å²) >= 11 is 0. The van der Waals surface area contributed by atoms with Crippen LogP contribution in [0.5, 0.6) is 0 Å². The van der Waals surface area contributed by atoms with Crippen molar-refractivity contribution in [2.45, 2.75) is 40.0 Å². The summed E-state index contributed by atoms with van der Waals surface area (Å²) in [5.41, 5.74) is 3.47. The highest BCUT2D eigenvalue weighted by Crippen LogP contribution is 2.22. The van der Waals surface area contributed by atoms with Gasteiger partial charge in [0.25, 0.3) is 0 Å². The van der Waals surface area contributed by atoms with Gasteiger partial charge in [-0.2, -0.15) is 0 Å². The molecule has 1 amide bonds. The van der Waals surface area contributed by atoms with Crippen LogP contribution in [0, 0.1) is 6.92 Å². The van der Waals surface area contributed by atoms with Crippen molar-refractivity contribution in [3.05, 3.63) is 29.3 Å². The van der Waals surface area contributed by atoms with Crippen LogP contribution >= 0.6 is 0 Å². The highest BCUT2D eigenvalue weighted by Gasteiger charge is 2.05. The fraction of sp³-hybridized carbons (Fsp3) is 0.462. The van der Waals surface area contributed by atoms with E-state index in [1.165, 1.54) is 11.1 Å². The first-order valence-electron chi connectivity index (χ1n) is 5.45. The van der Waals surface area contributed by atoms with Crippen molar-refractivity contribution in [2.75, 3.05) is 5.32 Å². The summed E-state index contributed by atoms with van der Waals surface area (Å²) in [5.74, 6) is 0.553. The number of anilines is 1. The van der Waals surface area contributed by atoms with Crippen molar-refractivity contribution in [3.8, 4) is 0 Å². The minimum absolute atomic E-state index is 0.0635. The van der Waals surface area contributed by atoms with Gasteiger partial charge in [0.05, 0.1) is 0 Å². The zero-order chi connectivity index (χ0) is 11.4. The Labute approximate surface area is 91.7 Å². The number of rotatable bonds is 3. The average molecular weight is 205 g/mol. The molecule has 1 aromatic rings. The van der Waals surface area contributed by atoms with E-state index in [0.29, 0.717) is 12.3 Å². The number of hydrogen-bond donors (Lipinski definition) is 1. The van der Waals surface area contributed by atoms with E-state index in [0.717, 1.165) is 5.69 Å². The normalized spacial score (nSPS) is 10.5. The molecular formula is C13H19NO. The number of carbonyl (C=O) groups excluding carboxylic acids is 1. The third-order valence-electron chi connectivity index (χ3n) is 2.51. The number of hydrogen-bond acceptors (Lipinski definition) is 1. The summed E-state index contributed by atoms with van der Waals surface area (Å²) in [6, 6.07) is 6.07. The summed E-state index contributed by atoms with van der Waals surface area (Å²) in [6.07, 6.45) is 0.519. The van der Waals surface area contributed by atoms with Crippen LogP contribution in [0.4, 0.5) is 5.69 Å². The van der Waals surface area contributed by atoms with E-state index in [-0.39, 0.29) is 5.91 Å². The third-order valence-corrected chi connectivity index (χ3v) is 2.51. The molecule has 0 aliphatic carbocycles. The summed E-state index contributed by atoms with van der Waals surface area (Å²) in [6.45, 7) is 8.27. The molecule has 0 aliphatic heterocycles. The van der Waals surface area contributed by atoms with Gasteiger partial charge in [0.2, 0.25) is 5.91 Å². The Kier molecular flexibility index (Phi) is 3.89. The van der Waals surface area contributed by atoms with Crippen LogP contribution < -0.4 is 5.32 Å². The Morgan fingerprint density at radius 1 is 1.40 bits per heavy atom. The van der Waals surface area contributed by atoms with Crippen molar-refractivity contribution in [2.24, 2.45) is 0 Å². The molecule has 1 N–H and O–H groups in total. The van der Waals surface area contributed by atoms with E-state index in [1.807, 2.05) is 13.0 Å². The predicted molar refractivity (Wildman–Crippen MR) is 64.2 cm³/mol. The molecule has 1 aromatic carbocycles. The van der Waals surface area contributed by atoms with Gasteiger partial charge in [-0.05, 0) is 36.1 Å². The lowest BCUT2D eigenvalue weighted by Crippen LogP contribution is -2.09. The summed E-state index contributed by atoms with van der Waals surface area (Å²) in [7, 11) is 0. The van der Waals surface area contributed by atoms with Gasteiger partial charge >= 0.3 is 0 Å². The third kappa shape index (κ3) is 3.08. The summed E-state index contributed by atoms with van der Waals surface area (Å²) in [5, 5.41) is 2.88. The van der Waals surface area contributed by atoms with Crippen LogP contribution in [-0.4, -0.2) is 5.91 Å². The van der Waals surface area contributed by atoms with Gasteiger partial charge in [-0.3, -0.25) is 4.79 Å². The van der Waals surface area contributed by atoms with Gasteiger partial charge in [0.1, 0.15) is 0 Å². The molecule has 2 heteroatoms. The van der Waals surface area contributed by atoms with Crippen LogP contribution in [-0.2, 0) is 4.79 Å². The fourth-order valence-corrected chi connectivity index (χ4v) is 1.59. The highest BCUT2D eigenvalue weighted by atomic mass is 16.1. The molecule has 0 bridgehead atoms. The molecule has 0 unspecified atom stereocenters. The number of benzene rings is 1. The first-order valence-corrected chi connectivity index (χ1v) is 5.45. The maximum absolute atomic E-state index is 11.2. The van der Waals surface area contributed by atoms with Crippen LogP contribution in [0.2, 0.25) is 0 Å². The molecule has 0 atom stereocenters. The van der Waals surface area contributed by atoms with Gasteiger partial charge in [0.15, 0.2) is 0 Å². The second kappa shape index (κ2) is 4.96. The van der Waals surface area contributed by atoms with Crippen LogP contribution in [0.1, 0.15) is 44.2 Å². The van der Waals surface area contributed by atoms with Crippen molar-refractivity contribution in [1.82, 2.24) is 0 Å². The molecule has 0 saturated carbocycles. The quantitative estimate of drug-likeness (QED) is 0.804. The zero-order valence-corrected chi connectivity index (χ0v) is 9.92. The van der Waals surface area contributed by atoms with E-state index in [9.17, 15) is 4.79 Å². The van der Waals surface area contributed by atoms with Gasteiger partial charge in [-0.1, -0.05) is 26.8 Å². The lowest BCUT2D eigenvalue weighted by atomic mass is 9.97. The van der Waals surface area contributed by atoms with Crippen molar-refractivity contribution < 1.29 is 4.79 Å². The number of amides is 1. The lowest BCUT2D eigenvalue weighted by molar-refractivity contribution is -0.115. The largest absolute Gasteiger partial charge is 0.326 e. The molecule has 0 aromatic heterocycles. The van der Waals surface area contributed by atoms with E-state index < -0.39 is 0 Å². The molecular weight excluding hydrogens is 186 g/mol. The second-order valence-corrected chi connectivity index (χ2v) is 4.13. The van der Waals surface area contributed by atoms with Crippen LogP contribution in [0.15, 0.2) is 18.2 Å². The fourth-order valence-electron chi connectivity index (χ4n) is 1.59. The Morgan fingerprint density at radius 3 is 2.60 bits per heavy atom. The zero-order valence-electron chi connectivity index (χ0n) is 9.92. The van der Waals surface area contributed by atoms with E-state index in [4.69, 9.17) is 0 Å². The maximum atomic E-state index is 11.2. The standard InChI is InChI=1S/C13H19NO/c1-5-13(15)14-11-7-6-10(4)12(8-11)9(2)3/h6-9H,5H2,1-4H3,(H,14,15). The first-order chi connectivity index (χ1) is 7.04. The average Bonchev–Trinajstić information content (AvgIpc) is 2.20. The van der Waals surface area contributed by atoms with E-state index in [1.54, 1.807) is 0 Å². The number of aryl methyl sites for hydroxylation is 1. The molecule has 0 saturated heterocycles. The molecule has 82 valence electrons. The highest BCUT2D eigenvalue weighted by molar-refractivity contribution is 5.90. The maximum Gasteiger partial charge on any atom is 0.224 e. The van der Waals surface area contributed by atoms with Gasteiger partial charge < -0.3 is 5.32 Å². The Hall–Kier alpha value is -1.31. The van der Waals surface area contributed by atoms with Crippen LogP contribution in [0.25, 0.3) is 0 Å². The molecule has 1 rings (SSSR count). The van der Waals surface area contributed by atoms with E-state index >= 15 is 0 Å². The first kappa shape index (κ1) is 11.8. The molecule has 0 fully saturated rings. The number of nitrogens with one attached hydrogen (secondary N) is 1. The van der Waals surface area contributed by atoms with Crippen molar-refractivity contribution >= 4 is 11.6 Å². The topological polar surface area (TPSA) is 29.1 Å². The van der Waals surface area contributed by atoms with Gasteiger partial charge in [0, 0.05) is 12.1 Å². The Bertz CT molecular complexity index is 356. The van der Waals surface area contributed by atoms with E-state index in [2.05, 4.69) is 38.2 Å². The minimum Gasteiger partial charge on any atom is -0.326 e. The smallest absolute Gasteiger partial charge is 0.224 e. The summed E-state index contributed by atoms with van der Waals surface area (Å²) < 4.78 is 0. The Balaban J connectivity index is 2.92. The lowest BCUT2D eigenvalue weighted by Gasteiger charge is -2.12. The SMILES string of the molecule is CCC(=O)Nc1ccc(C)c(C(C)C)c1. The summed E-state index contributed by atoms with van der Waals surface area (Å²) in [4.78, 5) is 11.2. The monoisotopic (exact) mass is 205 g/mol. The second-order valence-electron chi connectivity index (χ2n) is 4.13. The van der Waals surface area contributed by atoms with Gasteiger partial charge in [-0.25, -0.2) is 0 Å². The van der Waals surface area contributed by atoms with Crippen LogP contribution in [0.3, 0.4) is 0 Å². The van der Waals surface area contributed by atoms with Gasteiger partial charge in [-0.15, -0.1) is 0 Å². The number of carbonyl (C=O) groups is 1. The molecule has 0 heterocycles. The molecule has 0 aliphatic rings. The molecule has 0 radical (unpaired) electrons. The minimum atomic E-state index is 0.0635. The van der Waals surface area contributed by atoms with Crippen molar-refractivity contribution in [3.63, 3.8) is 0 Å². The molecule has 15 heavy (non-hydrogen) atoms.